The Morgan fingerprint density at radius 2 is 1.75 bits per heavy atom. The van der Waals surface area contributed by atoms with E-state index in [-0.39, 0.29) is 57.2 Å². The summed E-state index contributed by atoms with van der Waals surface area (Å²) in [7, 11) is 0. The normalized spacial score (nSPS) is 31.9. The van der Waals surface area contributed by atoms with E-state index in [2.05, 4.69) is 61.5 Å². The van der Waals surface area contributed by atoms with E-state index in [1.165, 1.54) is 0 Å². The minimum absolute atomic E-state index is 0.00681. The molecule has 0 heterocycles. The van der Waals surface area contributed by atoms with Crippen molar-refractivity contribution in [1.29, 1.82) is 5.26 Å². The molecule has 2 aliphatic rings. The SMILES string of the molecule is CCC(C)(C)CC[C@](C)(CO)CCC(C)(C)[C@]1(C)CC[C@H]2[C@H](C)C(=O)C(C#N)=C[C@]2(C)/C1=C/C(C)=O. The molecule has 5 atom stereocenters. The Bertz CT molecular complexity index is 964. The summed E-state index contributed by atoms with van der Waals surface area (Å²) in [6, 6.07) is 2.14. The Morgan fingerprint density at radius 3 is 2.25 bits per heavy atom. The molecule has 4 nitrogen and oxygen atoms in total. The first kappa shape index (κ1) is 30.5. The molecular formula is C32H51NO3. The molecule has 2 aliphatic carbocycles. The molecule has 0 amide bonds. The number of Topliss-reactive ketones (excluding diaryl/α,β-unsaturated/α-hetero) is 1. The lowest BCUT2D eigenvalue weighted by Gasteiger charge is -2.59. The van der Waals surface area contributed by atoms with Crippen molar-refractivity contribution in [3.63, 3.8) is 0 Å². The Hall–Kier alpha value is -1.73. The Kier molecular flexibility index (Phi) is 8.95. The molecule has 0 aromatic heterocycles. The standard InChI is InChI=1S/C32H51NO3/c1-11-28(4,5)14-16-30(8,21-34)17-15-29(6,7)32(10)13-12-25-23(3)27(36)24(20-33)19-31(25,9)26(32)18-22(2)35/h18-19,23,25,34H,11-17,21H2,1-10H3/b26-18-/t23-,25-,30-,31-,32+/m0/s1. The third kappa shape index (κ3) is 5.72. The molecule has 0 spiro atoms. The fraction of sp³-hybridized carbons (Fsp3) is 0.781. The quantitative estimate of drug-likeness (QED) is 0.315. The number of aliphatic hydroxyl groups excluding tert-OH is 1. The van der Waals surface area contributed by atoms with Crippen LogP contribution in [0.2, 0.25) is 0 Å². The van der Waals surface area contributed by atoms with Gasteiger partial charge in [-0.15, -0.1) is 0 Å². The van der Waals surface area contributed by atoms with Crippen molar-refractivity contribution >= 4 is 11.6 Å². The Labute approximate surface area is 220 Å². The van der Waals surface area contributed by atoms with Crippen LogP contribution < -0.4 is 0 Å². The lowest BCUT2D eigenvalue weighted by atomic mass is 9.44. The minimum Gasteiger partial charge on any atom is -0.396 e. The van der Waals surface area contributed by atoms with Gasteiger partial charge in [-0.2, -0.15) is 5.26 Å². The third-order valence-electron chi connectivity index (χ3n) is 10.7. The minimum atomic E-state index is -0.514. The molecule has 0 unspecified atom stereocenters. The van der Waals surface area contributed by atoms with Gasteiger partial charge in [-0.3, -0.25) is 9.59 Å². The van der Waals surface area contributed by atoms with E-state index in [9.17, 15) is 20.0 Å². The highest BCUT2D eigenvalue weighted by Gasteiger charge is 2.58. The molecule has 0 radical (unpaired) electrons. The van der Waals surface area contributed by atoms with Crippen molar-refractivity contribution in [2.24, 2.45) is 38.9 Å². The number of nitriles is 1. The number of nitrogens with zero attached hydrogens (tertiary/aromatic N) is 1. The highest BCUT2D eigenvalue weighted by Crippen LogP contribution is 2.65. The molecule has 1 fully saturated rings. The number of hydrogen-bond donors (Lipinski definition) is 1. The second kappa shape index (κ2) is 10.6. The number of carbonyl (C=O) groups is 2. The van der Waals surface area contributed by atoms with Crippen LogP contribution in [0.5, 0.6) is 0 Å². The third-order valence-corrected chi connectivity index (χ3v) is 10.7. The van der Waals surface area contributed by atoms with E-state index in [4.69, 9.17) is 0 Å². The molecule has 1 N–H and O–H groups in total. The van der Waals surface area contributed by atoms with E-state index in [1.54, 1.807) is 13.0 Å². The maximum absolute atomic E-state index is 12.8. The fourth-order valence-electron chi connectivity index (χ4n) is 6.72. The average Bonchev–Trinajstić information content (AvgIpc) is 2.81. The van der Waals surface area contributed by atoms with Crippen LogP contribution in [0.3, 0.4) is 0 Å². The fourth-order valence-corrected chi connectivity index (χ4v) is 6.72. The molecule has 0 aliphatic heterocycles. The summed E-state index contributed by atoms with van der Waals surface area (Å²) < 4.78 is 0. The largest absolute Gasteiger partial charge is 0.396 e. The first-order valence-electron chi connectivity index (χ1n) is 13.9. The summed E-state index contributed by atoms with van der Waals surface area (Å²) in [6.07, 6.45) is 10.5. The number of fused-ring (bicyclic) bond motifs is 1. The molecule has 0 aromatic rings. The van der Waals surface area contributed by atoms with E-state index in [0.717, 1.165) is 50.5 Å². The zero-order valence-corrected chi connectivity index (χ0v) is 24.7. The van der Waals surface area contributed by atoms with Gasteiger partial charge in [-0.1, -0.05) is 80.4 Å². The molecule has 0 aromatic carbocycles. The van der Waals surface area contributed by atoms with Crippen LogP contribution in [0.25, 0.3) is 0 Å². The van der Waals surface area contributed by atoms with Crippen LogP contribution in [0.1, 0.15) is 114 Å². The zero-order valence-electron chi connectivity index (χ0n) is 24.7. The van der Waals surface area contributed by atoms with Crippen molar-refractivity contribution in [3.8, 4) is 6.07 Å². The number of aliphatic hydroxyl groups is 1. The van der Waals surface area contributed by atoms with Gasteiger partial charge in [-0.05, 0) is 79.1 Å². The van der Waals surface area contributed by atoms with Gasteiger partial charge in [0, 0.05) is 17.9 Å². The number of rotatable bonds is 10. The summed E-state index contributed by atoms with van der Waals surface area (Å²) in [5, 5.41) is 20.1. The Balaban J connectivity index is 2.47. The second-order valence-corrected chi connectivity index (χ2v) is 14.1. The lowest BCUT2D eigenvalue weighted by molar-refractivity contribution is -0.123. The lowest BCUT2D eigenvalue weighted by Crippen LogP contribution is -2.52. The van der Waals surface area contributed by atoms with Crippen LogP contribution >= 0.6 is 0 Å². The predicted molar refractivity (Wildman–Crippen MR) is 147 cm³/mol. The van der Waals surface area contributed by atoms with Gasteiger partial charge in [0.1, 0.15) is 6.07 Å². The summed E-state index contributed by atoms with van der Waals surface area (Å²) in [6.45, 7) is 21.7. The molecule has 202 valence electrons. The number of ketones is 2. The van der Waals surface area contributed by atoms with Crippen molar-refractivity contribution in [2.45, 2.75) is 114 Å². The van der Waals surface area contributed by atoms with E-state index in [1.807, 2.05) is 13.0 Å². The van der Waals surface area contributed by atoms with Gasteiger partial charge < -0.3 is 5.11 Å². The maximum atomic E-state index is 12.8. The van der Waals surface area contributed by atoms with Gasteiger partial charge in [0.15, 0.2) is 11.6 Å². The second-order valence-electron chi connectivity index (χ2n) is 14.1. The highest BCUT2D eigenvalue weighted by molar-refractivity contribution is 6.02. The van der Waals surface area contributed by atoms with Gasteiger partial charge in [0.25, 0.3) is 0 Å². The average molecular weight is 498 g/mol. The first-order chi connectivity index (χ1) is 16.4. The van der Waals surface area contributed by atoms with E-state index < -0.39 is 5.41 Å². The molecule has 0 bridgehead atoms. The number of carbonyl (C=O) groups excluding carboxylic acids is 2. The highest BCUT2D eigenvalue weighted by atomic mass is 16.3. The van der Waals surface area contributed by atoms with Gasteiger partial charge in [0.05, 0.1) is 5.57 Å². The predicted octanol–water partition coefficient (Wildman–Crippen LogP) is 7.61. The summed E-state index contributed by atoms with van der Waals surface area (Å²) in [5.41, 5.74) is 0.468. The van der Waals surface area contributed by atoms with Gasteiger partial charge in [0.2, 0.25) is 0 Å². The first-order valence-corrected chi connectivity index (χ1v) is 13.9. The van der Waals surface area contributed by atoms with Crippen molar-refractivity contribution < 1.29 is 14.7 Å². The maximum Gasteiger partial charge on any atom is 0.176 e. The molecular weight excluding hydrogens is 446 g/mol. The zero-order chi connectivity index (χ0) is 27.7. The Morgan fingerprint density at radius 1 is 1.17 bits per heavy atom. The van der Waals surface area contributed by atoms with Gasteiger partial charge in [-0.25, -0.2) is 0 Å². The number of allylic oxidation sites excluding steroid dienone is 4. The van der Waals surface area contributed by atoms with E-state index in [0.29, 0.717) is 0 Å². The van der Waals surface area contributed by atoms with Crippen LogP contribution in [0.15, 0.2) is 23.3 Å². The molecule has 36 heavy (non-hydrogen) atoms. The summed E-state index contributed by atoms with van der Waals surface area (Å²) >= 11 is 0. The van der Waals surface area contributed by atoms with E-state index >= 15 is 0 Å². The van der Waals surface area contributed by atoms with Crippen molar-refractivity contribution in [3.05, 3.63) is 23.3 Å². The van der Waals surface area contributed by atoms with Crippen LogP contribution in [-0.2, 0) is 9.59 Å². The van der Waals surface area contributed by atoms with Crippen LogP contribution in [-0.4, -0.2) is 23.3 Å². The smallest absolute Gasteiger partial charge is 0.176 e. The molecule has 2 rings (SSSR count). The molecule has 1 saturated carbocycles. The van der Waals surface area contributed by atoms with Crippen molar-refractivity contribution in [1.82, 2.24) is 0 Å². The molecule has 4 heteroatoms. The summed E-state index contributed by atoms with van der Waals surface area (Å²) in [5.74, 6) is -0.223. The molecule has 0 saturated heterocycles. The van der Waals surface area contributed by atoms with Crippen molar-refractivity contribution in [2.75, 3.05) is 6.61 Å². The summed E-state index contributed by atoms with van der Waals surface area (Å²) in [4.78, 5) is 25.4. The number of hydrogen-bond acceptors (Lipinski definition) is 4. The van der Waals surface area contributed by atoms with Crippen LogP contribution in [0, 0.1) is 50.2 Å². The monoisotopic (exact) mass is 497 g/mol. The van der Waals surface area contributed by atoms with Gasteiger partial charge >= 0.3 is 0 Å². The topological polar surface area (TPSA) is 78.2 Å². The van der Waals surface area contributed by atoms with Crippen LogP contribution in [0.4, 0.5) is 0 Å².